The van der Waals surface area contributed by atoms with E-state index in [0.717, 1.165) is 19.4 Å². The minimum Gasteiger partial charge on any atom is -0.385 e. The Morgan fingerprint density at radius 2 is 1.83 bits per heavy atom. The smallest absolute Gasteiger partial charge is 0.0597 e. The third kappa shape index (κ3) is 4.73. The predicted molar refractivity (Wildman–Crippen MR) is 51.4 cm³/mol. The summed E-state index contributed by atoms with van der Waals surface area (Å²) in [6, 6.07) is 0. The van der Waals surface area contributed by atoms with E-state index >= 15 is 0 Å². The van der Waals surface area contributed by atoms with E-state index in [2.05, 4.69) is 13.8 Å². The van der Waals surface area contributed by atoms with Crippen LogP contribution in [0.25, 0.3) is 0 Å². The topological polar surface area (TPSA) is 18.5 Å². The Labute approximate surface area is 76.3 Å². The average molecular weight is 174 g/mol. The Morgan fingerprint density at radius 1 is 1.17 bits per heavy atom. The summed E-state index contributed by atoms with van der Waals surface area (Å²) in [6.45, 7) is 5.25. The largest absolute Gasteiger partial charge is 0.385 e. The van der Waals surface area contributed by atoms with Crippen molar-refractivity contribution >= 4 is 0 Å². The Kier molecular flexibility index (Phi) is 7.51. The lowest BCUT2D eigenvalue weighted by Gasteiger charge is -2.21. The Hall–Kier alpha value is -0.0800. The molecule has 0 aromatic rings. The molecule has 0 bridgehead atoms. The second kappa shape index (κ2) is 7.56. The Morgan fingerprint density at radius 3 is 2.25 bits per heavy atom. The normalized spacial score (nSPS) is 16.0. The summed E-state index contributed by atoms with van der Waals surface area (Å²) in [4.78, 5) is 0. The summed E-state index contributed by atoms with van der Waals surface area (Å²) < 4.78 is 10.4. The van der Waals surface area contributed by atoms with Gasteiger partial charge in [-0.2, -0.15) is 0 Å². The van der Waals surface area contributed by atoms with E-state index in [1.165, 1.54) is 6.42 Å². The number of rotatable bonds is 7. The molecule has 0 aromatic carbocycles. The summed E-state index contributed by atoms with van der Waals surface area (Å²) >= 11 is 0. The zero-order valence-electron chi connectivity index (χ0n) is 8.80. The van der Waals surface area contributed by atoms with Gasteiger partial charge >= 0.3 is 0 Å². The molecule has 0 N–H and O–H groups in total. The molecular weight excluding hydrogens is 152 g/mol. The monoisotopic (exact) mass is 174 g/mol. The molecule has 12 heavy (non-hydrogen) atoms. The highest BCUT2D eigenvalue weighted by atomic mass is 16.5. The van der Waals surface area contributed by atoms with Crippen molar-refractivity contribution in [3.8, 4) is 0 Å². The van der Waals surface area contributed by atoms with Crippen molar-refractivity contribution < 1.29 is 9.47 Å². The lowest BCUT2D eigenvalue weighted by molar-refractivity contribution is 0.0375. The van der Waals surface area contributed by atoms with Crippen LogP contribution in [0.2, 0.25) is 0 Å². The zero-order chi connectivity index (χ0) is 9.40. The maximum atomic E-state index is 5.39. The number of methoxy groups -OCH3 is 2. The van der Waals surface area contributed by atoms with Gasteiger partial charge < -0.3 is 9.47 Å². The quantitative estimate of drug-likeness (QED) is 0.590. The minimum atomic E-state index is 0.408. The molecule has 0 heterocycles. The van der Waals surface area contributed by atoms with E-state index in [1.54, 1.807) is 14.2 Å². The standard InChI is InChI=1S/C10H22O2/c1-5-6-10(12-4)9(2)7-8-11-3/h9-10H,5-8H2,1-4H3/t9?,10-/m0/s1. The molecule has 0 saturated carbocycles. The lowest BCUT2D eigenvalue weighted by Crippen LogP contribution is -2.21. The third-order valence-corrected chi connectivity index (χ3v) is 2.29. The van der Waals surface area contributed by atoms with Crippen LogP contribution in [0.1, 0.15) is 33.1 Å². The predicted octanol–water partition coefficient (Wildman–Crippen LogP) is 2.47. The fourth-order valence-electron chi connectivity index (χ4n) is 1.41. The van der Waals surface area contributed by atoms with Crippen LogP contribution in [0.5, 0.6) is 0 Å². The van der Waals surface area contributed by atoms with E-state index in [1.807, 2.05) is 0 Å². The third-order valence-electron chi connectivity index (χ3n) is 2.29. The van der Waals surface area contributed by atoms with Gasteiger partial charge in [0.15, 0.2) is 0 Å². The second-order valence-electron chi connectivity index (χ2n) is 3.32. The molecule has 0 aromatic heterocycles. The van der Waals surface area contributed by atoms with Crippen molar-refractivity contribution in [2.75, 3.05) is 20.8 Å². The van der Waals surface area contributed by atoms with Crippen LogP contribution in [0.3, 0.4) is 0 Å². The molecule has 74 valence electrons. The first-order valence-electron chi connectivity index (χ1n) is 4.78. The average Bonchev–Trinajstić information content (AvgIpc) is 2.10. The molecule has 0 aliphatic carbocycles. The first-order valence-corrected chi connectivity index (χ1v) is 4.78. The van der Waals surface area contributed by atoms with Gasteiger partial charge in [-0.05, 0) is 18.8 Å². The molecule has 0 fully saturated rings. The molecule has 0 aliphatic rings. The van der Waals surface area contributed by atoms with E-state index < -0.39 is 0 Å². The molecule has 2 heteroatoms. The molecule has 0 spiro atoms. The van der Waals surface area contributed by atoms with Crippen molar-refractivity contribution in [3.63, 3.8) is 0 Å². The van der Waals surface area contributed by atoms with Crippen LogP contribution in [0, 0.1) is 5.92 Å². The highest BCUT2D eigenvalue weighted by Crippen LogP contribution is 2.15. The minimum absolute atomic E-state index is 0.408. The second-order valence-corrected chi connectivity index (χ2v) is 3.32. The van der Waals surface area contributed by atoms with Gasteiger partial charge in [0.1, 0.15) is 0 Å². The van der Waals surface area contributed by atoms with E-state index in [0.29, 0.717) is 12.0 Å². The fraction of sp³-hybridized carbons (Fsp3) is 1.00. The fourth-order valence-corrected chi connectivity index (χ4v) is 1.41. The first-order chi connectivity index (χ1) is 5.76. The van der Waals surface area contributed by atoms with Gasteiger partial charge in [0.25, 0.3) is 0 Å². The molecule has 1 unspecified atom stereocenters. The van der Waals surface area contributed by atoms with E-state index in [9.17, 15) is 0 Å². The summed E-state index contributed by atoms with van der Waals surface area (Å²) in [5.74, 6) is 0.606. The first kappa shape index (κ1) is 11.9. The SMILES string of the molecule is CCC[C@H](OC)C(C)CCOC. The molecule has 0 radical (unpaired) electrons. The Bertz CT molecular complexity index is 93.8. The van der Waals surface area contributed by atoms with E-state index in [-0.39, 0.29) is 0 Å². The number of hydrogen-bond acceptors (Lipinski definition) is 2. The van der Waals surface area contributed by atoms with Crippen molar-refractivity contribution in [2.24, 2.45) is 5.92 Å². The van der Waals surface area contributed by atoms with Crippen LogP contribution in [-0.4, -0.2) is 26.9 Å². The van der Waals surface area contributed by atoms with Crippen LogP contribution < -0.4 is 0 Å². The van der Waals surface area contributed by atoms with Crippen molar-refractivity contribution in [1.29, 1.82) is 0 Å². The maximum absolute atomic E-state index is 5.39. The summed E-state index contributed by atoms with van der Waals surface area (Å²) in [5, 5.41) is 0. The number of ether oxygens (including phenoxy) is 2. The molecule has 0 saturated heterocycles. The highest BCUT2D eigenvalue weighted by Gasteiger charge is 2.14. The van der Waals surface area contributed by atoms with Gasteiger partial charge in [0, 0.05) is 20.8 Å². The van der Waals surface area contributed by atoms with Gasteiger partial charge in [-0.15, -0.1) is 0 Å². The van der Waals surface area contributed by atoms with Gasteiger partial charge in [0.2, 0.25) is 0 Å². The molecule has 0 amide bonds. The van der Waals surface area contributed by atoms with Crippen LogP contribution >= 0.6 is 0 Å². The van der Waals surface area contributed by atoms with Gasteiger partial charge in [-0.3, -0.25) is 0 Å². The van der Waals surface area contributed by atoms with Gasteiger partial charge in [-0.1, -0.05) is 20.3 Å². The van der Waals surface area contributed by atoms with Gasteiger partial charge in [-0.25, -0.2) is 0 Å². The molecule has 2 nitrogen and oxygen atoms in total. The lowest BCUT2D eigenvalue weighted by atomic mass is 9.97. The summed E-state index contributed by atoms with van der Waals surface area (Å²) in [5.41, 5.74) is 0. The zero-order valence-corrected chi connectivity index (χ0v) is 8.80. The molecule has 0 aliphatic heterocycles. The van der Waals surface area contributed by atoms with Crippen molar-refractivity contribution in [3.05, 3.63) is 0 Å². The van der Waals surface area contributed by atoms with Crippen LogP contribution in [-0.2, 0) is 9.47 Å². The highest BCUT2D eigenvalue weighted by molar-refractivity contribution is 4.65. The molecular formula is C10H22O2. The molecule has 0 rings (SSSR count). The molecule has 2 atom stereocenters. The maximum Gasteiger partial charge on any atom is 0.0597 e. The van der Waals surface area contributed by atoms with Crippen molar-refractivity contribution in [1.82, 2.24) is 0 Å². The number of hydrogen-bond donors (Lipinski definition) is 0. The summed E-state index contributed by atoms with van der Waals surface area (Å²) in [7, 11) is 3.54. The van der Waals surface area contributed by atoms with Gasteiger partial charge in [0.05, 0.1) is 6.10 Å². The van der Waals surface area contributed by atoms with Crippen LogP contribution in [0.15, 0.2) is 0 Å². The Balaban J connectivity index is 3.60. The van der Waals surface area contributed by atoms with Crippen molar-refractivity contribution in [2.45, 2.75) is 39.2 Å². The van der Waals surface area contributed by atoms with E-state index in [4.69, 9.17) is 9.47 Å². The summed E-state index contributed by atoms with van der Waals surface area (Å²) in [6.07, 6.45) is 3.84. The van der Waals surface area contributed by atoms with Crippen LogP contribution in [0.4, 0.5) is 0 Å².